The molecule has 10 heteroatoms. The van der Waals surface area contributed by atoms with Crippen LogP contribution in [0.5, 0.6) is 0 Å². The Balaban J connectivity index is 1.71. The van der Waals surface area contributed by atoms with E-state index in [0.29, 0.717) is 16.7 Å². The molecule has 2 unspecified atom stereocenters. The van der Waals surface area contributed by atoms with Gasteiger partial charge in [0.1, 0.15) is 23.2 Å². The minimum atomic E-state index is -0.770. The molecular weight excluding hydrogens is 500 g/mol. The average molecular weight is 533 g/mol. The smallest absolute Gasteiger partial charge is 0.412 e. The first-order chi connectivity index (χ1) is 18.4. The number of oxazole rings is 1. The van der Waals surface area contributed by atoms with Gasteiger partial charge in [-0.25, -0.2) is 14.8 Å². The van der Waals surface area contributed by atoms with Crippen molar-refractivity contribution in [1.82, 2.24) is 19.4 Å². The zero-order valence-electron chi connectivity index (χ0n) is 22.9. The highest BCUT2D eigenvalue weighted by Crippen LogP contribution is 2.35. The van der Waals surface area contributed by atoms with Crippen molar-refractivity contribution in [3.63, 3.8) is 0 Å². The summed E-state index contributed by atoms with van der Waals surface area (Å²) in [5.74, 6) is 0.210. The number of hydrogen-bond acceptors (Lipinski definition) is 8. The second kappa shape index (κ2) is 9.94. The van der Waals surface area contributed by atoms with E-state index in [2.05, 4.69) is 9.97 Å². The molecular formula is C29H32N4O6. The van der Waals surface area contributed by atoms with Crippen molar-refractivity contribution in [1.29, 1.82) is 0 Å². The highest BCUT2D eigenvalue weighted by molar-refractivity contribution is 5.82. The maximum absolute atomic E-state index is 14.1. The standard InChI is InChI=1S/C29H32N4O6/c1-28(2,3)38-26-25(37-26)32(27(35)39-29(4,5)6)17-20-21(24-31-15-16-36-24)33(18-11-8-7-9-12-18)23-19(22(20)34)13-10-14-30-23/h7-16,25-26H,17H2,1-6H3. The van der Waals surface area contributed by atoms with Crippen molar-refractivity contribution in [2.24, 2.45) is 0 Å². The number of ether oxygens (including phenoxy) is 3. The molecule has 5 rings (SSSR count). The molecule has 0 radical (unpaired) electrons. The van der Waals surface area contributed by atoms with Gasteiger partial charge in [-0.2, -0.15) is 0 Å². The first-order valence-electron chi connectivity index (χ1n) is 12.7. The minimum Gasteiger partial charge on any atom is -0.444 e. The maximum Gasteiger partial charge on any atom is 0.412 e. The first-order valence-corrected chi connectivity index (χ1v) is 12.7. The van der Waals surface area contributed by atoms with Gasteiger partial charge in [-0.3, -0.25) is 14.3 Å². The van der Waals surface area contributed by atoms with Crippen LogP contribution in [0.1, 0.15) is 47.1 Å². The van der Waals surface area contributed by atoms with E-state index in [1.807, 2.05) is 55.7 Å². The Morgan fingerprint density at radius 3 is 2.38 bits per heavy atom. The monoisotopic (exact) mass is 532 g/mol. The molecule has 1 aromatic carbocycles. The third-order valence-electron chi connectivity index (χ3n) is 5.84. The molecule has 10 nitrogen and oxygen atoms in total. The lowest BCUT2D eigenvalue weighted by atomic mass is 10.1. The molecule has 1 fully saturated rings. The summed E-state index contributed by atoms with van der Waals surface area (Å²) in [6, 6.07) is 12.9. The fourth-order valence-electron chi connectivity index (χ4n) is 4.30. The van der Waals surface area contributed by atoms with Crippen LogP contribution in [-0.4, -0.2) is 49.2 Å². The highest BCUT2D eigenvalue weighted by atomic mass is 16.8. The number of hydrogen-bond donors (Lipinski definition) is 0. The topological polar surface area (TPSA) is 112 Å². The molecule has 3 aromatic heterocycles. The van der Waals surface area contributed by atoms with E-state index in [1.165, 1.54) is 17.4 Å². The molecule has 0 bridgehead atoms. The Bertz CT molecular complexity index is 1530. The Kier molecular flexibility index (Phi) is 6.77. The zero-order valence-corrected chi connectivity index (χ0v) is 22.9. The van der Waals surface area contributed by atoms with Crippen LogP contribution in [-0.2, 0) is 20.8 Å². The Morgan fingerprint density at radius 2 is 1.74 bits per heavy atom. The van der Waals surface area contributed by atoms with E-state index in [9.17, 15) is 9.59 Å². The lowest BCUT2D eigenvalue weighted by molar-refractivity contribution is -0.0581. The van der Waals surface area contributed by atoms with Crippen molar-refractivity contribution < 1.29 is 23.4 Å². The Labute approximate surface area is 226 Å². The van der Waals surface area contributed by atoms with E-state index in [0.717, 1.165) is 5.69 Å². The van der Waals surface area contributed by atoms with Gasteiger partial charge in [0.05, 0.1) is 23.7 Å². The summed E-state index contributed by atoms with van der Waals surface area (Å²) in [6.07, 6.45) is 2.52. The lowest BCUT2D eigenvalue weighted by Gasteiger charge is -2.28. The number of carbonyl (C=O) groups excluding carboxylic acids is 1. The molecule has 1 aliphatic heterocycles. The van der Waals surface area contributed by atoms with Crippen LogP contribution in [0, 0.1) is 0 Å². The van der Waals surface area contributed by atoms with Crippen LogP contribution >= 0.6 is 0 Å². The van der Waals surface area contributed by atoms with Gasteiger partial charge in [-0.1, -0.05) is 18.2 Å². The number of fused-ring (bicyclic) bond motifs is 1. The van der Waals surface area contributed by atoms with Gasteiger partial charge in [0.2, 0.25) is 12.2 Å². The van der Waals surface area contributed by atoms with E-state index < -0.39 is 29.8 Å². The fraction of sp³-hybridized carbons (Fsp3) is 0.379. The predicted molar refractivity (Wildman–Crippen MR) is 144 cm³/mol. The largest absolute Gasteiger partial charge is 0.444 e. The van der Waals surface area contributed by atoms with Crippen LogP contribution in [0.4, 0.5) is 4.79 Å². The van der Waals surface area contributed by atoms with Gasteiger partial charge in [-0.05, 0) is 65.8 Å². The van der Waals surface area contributed by atoms with Gasteiger partial charge < -0.3 is 18.6 Å². The van der Waals surface area contributed by atoms with Crippen LogP contribution in [0.3, 0.4) is 0 Å². The molecule has 2 atom stereocenters. The summed E-state index contributed by atoms with van der Waals surface area (Å²) in [7, 11) is 0. The summed E-state index contributed by atoms with van der Waals surface area (Å²) in [4.78, 5) is 37.8. The number of aromatic nitrogens is 3. The van der Waals surface area contributed by atoms with Crippen molar-refractivity contribution in [3.05, 3.63) is 76.9 Å². The van der Waals surface area contributed by atoms with Crippen molar-refractivity contribution in [2.75, 3.05) is 0 Å². The quantitative estimate of drug-likeness (QED) is 0.309. The second-order valence-electron chi connectivity index (χ2n) is 11.3. The number of nitrogens with zero attached hydrogens (tertiary/aromatic N) is 4. The van der Waals surface area contributed by atoms with E-state index in [1.54, 1.807) is 39.1 Å². The third-order valence-corrected chi connectivity index (χ3v) is 5.84. The number of amides is 1. The average Bonchev–Trinajstić information content (AvgIpc) is 3.36. The number of benzene rings is 1. The zero-order chi connectivity index (χ0) is 27.9. The van der Waals surface area contributed by atoms with Gasteiger partial charge >= 0.3 is 6.09 Å². The van der Waals surface area contributed by atoms with Crippen LogP contribution in [0.25, 0.3) is 28.3 Å². The molecule has 0 saturated carbocycles. The van der Waals surface area contributed by atoms with Crippen LogP contribution < -0.4 is 5.43 Å². The molecule has 39 heavy (non-hydrogen) atoms. The van der Waals surface area contributed by atoms with Crippen molar-refractivity contribution in [2.45, 2.75) is 71.8 Å². The Morgan fingerprint density at radius 1 is 1.00 bits per heavy atom. The number of para-hydroxylation sites is 1. The predicted octanol–water partition coefficient (Wildman–Crippen LogP) is 5.28. The SMILES string of the molecule is CC(C)(C)OC(=O)N(Cc1c(-c2ncco2)n(-c2ccccc2)c2ncccc2c1=O)C1OC1OC(C)(C)C. The highest BCUT2D eigenvalue weighted by Gasteiger charge is 2.50. The van der Waals surface area contributed by atoms with Crippen molar-refractivity contribution in [3.8, 4) is 17.3 Å². The fourth-order valence-corrected chi connectivity index (χ4v) is 4.30. The molecule has 1 aliphatic rings. The van der Waals surface area contributed by atoms with E-state index >= 15 is 0 Å². The summed E-state index contributed by atoms with van der Waals surface area (Å²) in [6.45, 7) is 10.9. The summed E-state index contributed by atoms with van der Waals surface area (Å²) in [5, 5.41) is 0.384. The van der Waals surface area contributed by atoms with Gasteiger partial charge in [0, 0.05) is 17.4 Å². The second-order valence-corrected chi connectivity index (χ2v) is 11.3. The normalized spacial score (nSPS) is 17.3. The van der Waals surface area contributed by atoms with Gasteiger partial charge in [0.15, 0.2) is 11.7 Å². The van der Waals surface area contributed by atoms with Gasteiger partial charge in [0.25, 0.3) is 0 Å². The molecule has 0 aliphatic carbocycles. The number of carbonyl (C=O) groups is 1. The number of pyridine rings is 2. The first kappa shape index (κ1) is 26.6. The third kappa shape index (κ3) is 5.71. The van der Waals surface area contributed by atoms with Crippen molar-refractivity contribution >= 4 is 17.1 Å². The number of rotatable bonds is 6. The summed E-state index contributed by atoms with van der Waals surface area (Å²) in [5.41, 5.74) is 0.260. The van der Waals surface area contributed by atoms with Crippen LogP contribution in [0.2, 0.25) is 0 Å². The molecule has 0 spiro atoms. The molecule has 4 aromatic rings. The summed E-state index contributed by atoms with van der Waals surface area (Å²) < 4.78 is 25.0. The Hall–Kier alpha value is -4.02. The molecule has 0 N–H and O–H groups in total. The molecule has 1 amide bonds. The number of epoxide rings is 1. The van der Waals surface area contributed by atoms with Crippen LogP contribution in [0.15, 0.2) is 70.3 Å². The lowest BCUT2D eigenvalue weighted by Crippen LogP contribution is -2.41. The summed E-state index contributed by atoms with van der Waals surface area (Å²) >= 11 is 0. The molecule has 4 heterocycles. The maximum atomic E-state index is 14.1. The van der Waals surface area contributed by atoms with E-state index in [-0.39, 0.29) is 23.4 Å². The minimum absolute atomic E-state index is 0.141. The van der Waals surface area contributed by atoms with Gasteiger partial charge in [-0.15, -0.1) is 0 Å². The van der Waals surface area contributed by atoms with E-state index in [4.69, 9.17) is 18.6 Å². The molecule has 1 saturated heterocycles. The molecule has 204 valence electrons.